The van der Waals surface area contributed by atoms with E-state index >= 15 is 0 Å². The molecule has 0 aromatic carbocycles. The molecule has 5 heteroatoms. The van der Waals surface area contributed by atoms with Gasteiger partial charge in [-0.15, -0.1) is 10.2 Å². The summed E-state index contributed by atoms with van der Waals surface area (Å²) in [5.74, 6) is 2.87. The smallest absolute Gasteiger partial charge is 0.133 e. The van der Waals surface area contributed by atoms with Gasteiger partial charge in [0.05, 0.1) is 12.6 Å². The summed E-state index contributed by atoms with van der Waals surface area (Å²) in [6.07, 6.45) is 6.34. The van der Waals surface area contributed by atoms with Gasteiger partial charge in [0.1, 0.15) is 11.6 Å². The summed E-state index contributed by atoms with van der Waals surface area (Å²) < 4.78 is 8.01. The molecule has 2 aliphatic rings. The first kappa shape index (κ1) is 13.1. The van der Waals surface area contributed by atoms with Crippen molar-refractivity contribution in [3.8, 4) is 0 Å². The van der Waals surface area contributed by atoms with Gasteiger partial charge in [0.2, 0.25) is 0 Å². The lowest BCUT2D eigenvalue weighted by molar-refractivity contribution is 0.0954. The number of nitrogens with zero attached hydrogens (tertiary/aromatic N) is 3. The van der Waals surface area contributed by atoms with Crippen molar-refractivity contribution in [2.24, 2.45) is 5.92 Å². The summed E-state index contributed by atoms with van der Waals surface area (Å²) in [7, 11) is 0. The average Bonchev–Trinajstić information content (AvgIpc) is 3.05. The molecule has 0 amide bonds. The fraction of sp³-hybridized carbons (Fsp3) is 0.857. The SMILES string of the molecule is Cc1nnc(CC2CCCNC2)n1CC1CCCO1. The van der Waals surface area contributed by atoms with Crippen molar-refractivity contribution in [1.29, 1.82) is 0 Å². The molecule has 1 aromatic rings. The molecule has 2 fully saturated rings. The Morgan fingerprint density at radius 3 is 3.00 bits per heavy atom. The quantitative estimate of drug-likeness (QED) is 0.891. The van der Waals surface area contributed by atoms with Gasteiger partial charge in [0.25, 0.3) is 0 Å². The maximum atomic E-state index is 5.74. The van der Waals surface area contributed by atoms with E-state index in [0.717, 1.165) is 44.3 Å². The third kappa shape index (κ3) is 3.15. The lowest BCUT2D eigenvalue weighted by atomic mass is 9.96. The molecule has 2 atom stereocenters. The zero-order valence-corrected chi connectivity index (χ0v) is 11.8. The van der Waals surface area contributed by atoms with Crippen LogP contribution < -0.4 is 5.32 Å². The molecule has 3 rings (SSSR count). The van der Waals surface area contributed by atoms with Crippen LogP contribution in [0.2, 0.25) is 0 Å². The van der Waals surface area contributed by atoms with Gasteiger partial charge in [-0.05, 0) is 51.6 Å². The van der Waals surface area contributed by atoms with Gasteiger partial charge in [-0.1, -0.05) is 0 Å². The minimum absolute atomic E-state index is 0.359. The van der Waals surface area contributed by atoms with Crippen molar-refractivity contribution in [2.45, 2.75) is 51.7 Å². The number of nitrogens with one attached hydrogen (secondary N) is 1. The Kier molecular flexibility index (Phi) is 4.13. The van der Waals surface area contributed by atoms with Gasteiger partial charge in [0.15, 0.2) is 0 Å². The third-order valence-corrected chi connectivity index (χ3v) is 4.29. The first-order chi connectivity index (χ1) is 9.33. The normalized spacial score (nSPS) is 27.8. The summed E-state index contributed by atoms with van der Waals surface area (Å²) in [5, 5.41) is 12.1. The Bertz CT molecular complexity index is 406. The van der Waals surface area contributed by atoms with Crippen LogP contribution in [-0.4, -0.2) is 40.6 Å². The fourth-order valence-electron chi connectivity index (χ4n) is 3.16. The summed E-state index contributed by atoms with van der Waals surface area (Å²) in [6, 6.07) is 0. The van der Waals surface area contributed by atoms with Crippen molar-refractivity contribution in [3.63, 3.8) is 0 Å². The minimum atomic E-state index is 0.359. The first-order valence-electron chi connectivity index (χ1n) is 7.54. The number of aryl methyl sites for hydroxylation is 1. The van der Waals surface area contributed by atoms with Crippen LogP contribution in [0.25, 0.3) is 0 Å². The predicted molar refractivity (Wildman–Crippen MR) is 73.0 cm³/mol. The van der Waals surface area contributed by atoms with Crippen molar-refractivity contribution in [1.82, 2.24) is 20.1 Å². The molecule has 0 aliphatic carbocycles. The highest BCUT2D eigenvalue weighted by molar-refractivity contribution is 4.97. The molecule has 0 bridgehead atoms. The highest BCUT2D eigenvalue weighted by Gasteiger charge is 2.22. The van der Waals surface area contributed by atoms with Crippen LogP contribution in [0.15, 0.2) is 0 Å². The van der Waals surface area contributed by atoms with Crippen LogP contribution in [0, 0.1) is 12.8 Å². The van der Waals surface area contributed by atoms with E-state index in [9.17, 15) is 0 Å². The van der Waals surface area contributed by atoms with E-state index in [2.05, 4.69) is 20.1 Å². The summed E-state index contributed by atoms with van der Waals surface area (Å²) in [5.41, 5.74) is 0. The van der Waals surface area contributed by atoms with Crippen LogP contribution >= 0.6 is 0 Å². The molecule has 19 heavy (non-hydrogen) atoms. The molecule has 2 saturated heterocycles. The molecule has 106 valence electrons. The summed E-state index contributed by atoms with van der Waals surface area (Å²) in [6.45, 7) is 6.16. The van der Waals surface area contributed by atoms with E-state index in [-0.39, 0.29) is 0 Å². The highest BCUT2D eigenvalue weighted by atomic mass is 16.5. The first-order valence-corrected chi connectivity index (χ1v) is 7.54. The number of hydrogen-bond acceptors (Lipinski definition) is 4. The van der Waals surface area contributed by atoms with Crippen LogP contribution in [0.1, 0.15) is 37.3 Å². The van der Waals surface area contributed by atoms with Crippen molar-refractivity contribution in [3.05, 3.63) is 11.6 Å². The van der Waals surface area contributed by atoms with E-state index < -0.39 is 0 Å². The van der Waals surface area contributed by atoms with Gasteiger partial charge in [-0.25, -0.2) is 0 Å². The van der Waals surface area contributed by atoms with Gasteiger partial charge in [0, 0.05) is 13.0 Å². The zero-order chi connectivity index (χ0) is 13.1. The Morgan fingerprint density at radius 1 is 1.32 bits per heavy atom. The summed E-state index contributed by atoms with van der Waals surface area (Å²) in [4.78, 5) is 0. The van der Waals surface area contributed by atoms with Crippen LogP contribution in [0.5, 0.6) is 0 Å². The molecular formula is C14H24N4O. The highest BCUT2D eigenvalue weighted by Crippen LogP contribution is 2.19. The number of ether oxygens (including phenoxy) is 1. The van der Waals surface area contributed by atoms with Crippen LogP contribution in [0.3, 0.4) is 0 Å². The standard InChI is InChI=1S/C14H24N4O/c1-11-16-17-14(8-12-4-2-6-15-9-12)18(11)10-13-5-3-7-19-13/h12-13,15H,2-10H2,1H3. The van der Waals surface area contributed by atoms with Crippen molar-refractivity contribution in [2.75, 3.05) is 19.7 Å². The topological polar surface area (TPSA) is 52.0 Å². The van der Waals surface area contributed by atoms with Crippen LogP contribution in [0.4, 0.5) is 0 Å². The molecule has 0 spiro atoms. The Labute approximate surface area is 114 Å². The average molecular weight is 264 g/mol. The third-order valence-electron chi connectivity index (χ3n) is 4.29. The van der Waals surface area contributed by atoms with Crippen molar-refractivity contribution >= 4 is 0 Å². The van der Waals surface area contributed by atoms with E-state index in [1.165, 1.54) is 25.7 Å². The maximum absolute atomic E-state index is 5.74. The van der Waals surface area contributed by atoms with E-state index in [4.69, 9.17) is 4.74 Å². The monoisotopic (exact) mass is 264 g/mol. The number of piperidine rings is 1. The second-order valence-corrected chi connectivity index (χ2v) is 5.83. The van der Waals surface area contributed by atoms with Gasteiger partial charge in [-0.3, -0.25) is 0 Å². The number of hydrogen-bond donors (Lipinski definition) is 1. The predicted octanol–water partition coefficient (Wildman–Crippen LogP) is 1.31. The summed E-state index contributed by atoms with van der Waals surface area (Å²) >= 11 is 0. The molecule has 3 heterocycles. The Hall–Kier alpha value is -0.940. The largest absolute Gasteiger partial charge is 0.376 e. The Morgan fingerprint density at radius 2 is 2.26 bits per heavy atom. The maximum Gasteiger partial charge on any atom is 0.133 e. The second kappa shape index (κ2) is 6.01. The van der Waals surface area contributed by atoms with Gasteiger partial charge >= 0.3 is 0 Å². The minimum Gasteiger partial charge on any atom is -0.376 e. The Balaban J connectivity index is 1.66. The van der Waals surface area contributed by atoms with E-state index in [0.29, 0.717) is 12.0 Å². The fourth-order valence-corrected chi connectivity index (χ4v) is 3.16. The van der Waals surface area contributed by atoms with Crippen LogP contribution in [-0.2, 0) is 17.7 Å². The second-order valence-electron chi connectivity index (χ2n) is 5.83. The molecule has 2 aliphatic heterocycles. The van der Waals surface area contributed by atoms with E-state index in [1.54, 1.807) is 0 Å². The van der Waals surface area contributed by atoms with Gasteiger partial charge < -0.3 is 14.6 Å². The van der Waals surface area contributed by atoms with Gasteiger partial charge in [-0.2, -0.15) is 0 Å². The number of aromatic nitrogens is 3. The zero-order valence-electron chi connectivity index (χ0n) is 11.8. The molecule has 1 aromatic heterocycles. The molecule has 0 radical (unpaired) electrons. The van der Waals surface area contributed by atoms with Crippen molar-refractivity contribution < 1.29 is 4.74 Å². The molecule has 5 nitrogen and oxygen atoms in total. The van der Waals surface area contributed by atoms with E-state index in [1.807, 2.05) is 6.92 Å². The number of rotatable bonds is 4. The molecule has 0 saturated carbocycles. The molecular weight excluding hydrogens is 240 g/mol. The lowest BCUT2D eigenvalue weighted by Crippen LogP contribution is -2.31. The lowest BCUT2D eigenvalue weighted by Gasteiger charge is -2.23. The molecule has 2 unspecified atom stereocenters. The molecule has 1 N–H and O–H groups in total.